The summed E-state index contributed by atoms with van der Waals surface area (Å²) >= 11 is 0. The van der Waals surface area contributed by atoms with Gasteiger partial charge in [-0.2, -0.15) is 0 Å². The molecule has 1 fully saturated rings. The molecule has 2 aliphatic rings. The number of ether oxygens (including phenoxy) is 3. The highest BCUT2D eigenvalue weighted by Gasteiger charge is 2.38. The van der Waals surface area contributed by atoms with E-state index in [4.69, 9.17) is 27.8 Å². The number of phosphoric acid groups is 1. The number of benzene rings is 4. The number of hydrogen-bond acceptors (Lipinski definition) is 7. The fraction of sp³-hybridized carbons (Fsp3) is 0.259. The molecule has 0 bridgehead atoms. The maximum absolute atomic E-state index is 13.7. The average Bonchev–Trinajstić information content (AvgIpc) is 3.13. The fourth-order valence-electron chi connectivity index (χ4n) is 4.61. The van der Waals surface area contributed by atoms with E-state index in [9.17, 15) is 4.57 Å². The van der Waals surface area contributed by atoms with Crippen LogP contribution >= 0.6 is 7.82 Å². The highest BCUT2D eigenvalue weighted by atomic mass is 31.2. The minimum atomic E-state index is -4.06. The Balaban J connectivity index is 1.36. The van der Waals surface area contributed by atoms with E-state index in [1.807, 2.05) is 74.5 Å². The van der Waals surface area contributed by atoms with E-state index in [2.05, 4.69) is 0 Å². The number of rotatable bonds is 5. The molecule has 4 aromatic rings. The van der Waals surface area contributed by atoms with Crippen molar-refractivity contribution < 1.29 is 32.3 Å². The lowest BCUT2D eigenvalue weighted by molar-refractivity contribution is -0.148. The van der Waals surface area contributed by atoms with Crippen LogP contribution in [0.25, 0.3) is 32.7 Å². The van der Waals surface area contributed by atoms with Crippen molar-refractivity contribution in [1.29, 1.82) is 0 Å². The summed E-state index contributed by atoms with van der Waals surface area (Å²) in [4.78, 5) is 0. The molecular formula is C27H25O7P. The Morgan fingerprint density at radius 3 is 1.97 bits per heavy atom. The van der Waals surface area contributed by atoms with E-state index in [1.165, 1.54) is 0 Å². The first-order chi connectivity index (χ1) is 16.9. The van der Waals surface area contributed by atoms with E-state index < -0.39 is 13.6 Å². The molecule has 2 aliphatic heterocycles. The predicted molar refractivity (Wildman–Crippen MR) is 133 cm³/mol. The maximum atomic E-state index is 13.7. The second-order valence-corrected chi connectivity index (χ2v) is 10.5. The maximum Gasteiger partial charge on any atom is 0.589 e. The fourth-order valence-corrected chi connectivity index (χ4v) is 5.74. The normalized spacial score (nSPS) is 20.0. The van der Waals surface area contributed by atoms with Crippen LogP contribution in [0.15, 0.2) is 72.8 Å². The Morgan fingerprint density at radius 1 is 0.857 bits per heavy atom. The Labute approximate surface area is 203 Å². The summed E-state index contributed by atoms with van der Waals surface area (Å²) < 4.78 is 48.1. The van der Waals surface area contributed by atoms with Crippen molar-refractivity contribution in [1.82, 2.24) is 0 Å². The van der Waals surface area contributed by atoms with E-state index in [0.29, 0.717) is 18.1 Å². The van der Waals surface area contributed by atoms with Crippen LogP contribution in [0.3, 0.4) is 0 Å². The molecule has 4 aromatic carbocycles. The van der Waals surface area contributed by atoms with Crippen LogP contribution < -0.4 is 9.05 Å². The Morgan fingerprint density at radius 2 is 1.43 bits per heavy atom. The monoisotopic (exact) mass is 492 g/mol. The average molecular weight is 492 g/mol. The third kappa shape index (κ3) is 4.31. The smallest absolute Gasteiger partial charge is 0.394 e. The van der Waals surface area contributed by atoms with Gasteiger partial charge in [0.05, 0.1) is 13.2 Å². The highest BCUT2D eigenvalue weighted by Crippen LogP contribution is 2.59. The molecule has 2 heterocycles. The molecule has 0 unspecified atom stereocenters. The van der Waals surface area contributed by atoms with Crippen LogP contribution in [0, 0.1) is 0 Å². The van der Waals surface area contributed by atoms with Gasteiger partial charge in [-0.25, -0.2) is 9.09 Å². The van der Waals surface area contributed by atoms with Gasteiger partial charge in [-0.15, -0.1) is 0 Å². The molecular weight excluding hydrogens is 467 g/mol. The van der Waals surface area contributed by atoms with Gasteiger partial charge >= 0.3 is 7.82 Å². The summed E-state index contributed by atoms with van der Waals surface area (Å²) in [6.45, 7) is 4.04. The van der Waals surface area contributed by atoms with Gasteiger partial charge in [0.15, 0.2) is 12.6 Å². The lowest BCUT2D eigenvalue weighted by Crippen LogP contribution is -2.24. The lowest BCUT2D eigenvalue weighted by Gasteiger charge is -2.19. The van der Waals surface area contributed by atoms with E-state index in [0.717, 1.165) is 32.7 Å². The van der Waals surface area contributed by atoms with Gasteiger partial charge in [-0.05, 0) is 47.5 Å². The van der Waals surface area contributed by atoms with Crippen LogP contribution in [0.4, 0.5) is 0 Å². The number of phosphoric ester groups is 1. The van der Waals surface area contributed by atoms with Crippen molar-refractivity contribution in [3.63, 3.8) is 0 Å². The first-order valence-electron chi connectivity index (χ1n) is 11.5. The number of fused-ring (bicyclic) bond motifs is 7. The van der Waals surface area contributed by atoms with Crippen LogP contribution in [0.1, 0.15) is 13.8 Å². The molecule has 7 nitrogen and oxygen atoms in total. The summed E-state index contributed by atoms with van der Waals surface area (Å²) in [5.41, 5.74) is 1.63. The van der Waals surface area contributed by atoms with Gasteiger partial charge in [-0.1, -0.05) is 60.7 Å². The van der Waals surface area contributed by atoms with Crippen molar-refractivity contribution in [2.75, 3.05) is 20.0 Å². The number of hydrogen-bond donors (Lipinski definition) is 0. The van der Waals surface area contributed by atoms with E-state index >= 15 is 0 Å². The van der Waals surface area contributed by atoms with Crippen LogP contribution in [-0.4, -0.2) is 31.9 Å². The first-order valence-corrected chi connectivity index (χ1v) is 12.9. The van der Waals surface area contributed by atoms with Crippen LogP contribution in [0.5, 0.6) is 11.5 Å². The van der Waals surface area contributed by atoms with Gasteiger partial charge in [0.1, 0.15) is 17.6 Å². The predicted octanol–water partition coefficient (Wildman–Crippen LogP) is 6.68. The van der Waals surface area contributed by atoms with Crippen molar-refractivity contribution in [3.05, 3.63) is 72.8 Å². The topological polar surface area (TPSA) is 72.5 Å². The molecule has 0 N–H and O–H groups in total. The summed E-state index contributed by atoms with van der Waals surface area (Å²) in [6, 6.07) is 23.5. The van der Waals surface area contributed by atoms with Crippen LogP contribution in [0.2, 0.25) is 0 Å². The molecule has 0 aliphatic carbocycles. The highest BCUT2D eigenvalue weighted by molar-refractivity contribution is 7.49. The first kappa shape index (κ1) is 22.5. The summed E-state index contributed by atoms with van der Waals surface area (Å²) in [6.07, 6.45) is -0.232. The van der Waals surface area contributed by atoms with Gasteiger partial charge < -0.3 is 23.3 Å². The minimum Gasteiger partial charge on any atom is -0.394 e. The molecule has 0 saturated carbocycles. The van der Waals surface area contributed by atoms with Crippen molar-refractivity contribution >= 4 is 29.4 Å². The molecule has 0 aromatic heterocycles. The SMILES string of the molecule is CC1(C)OC[C@H](COCOP2(=O)Oc3ccc4ccccc4c3-c3c(ccc4ccccc34)O2)O1. The summed E-state index contributed by atoms with van der Waals surface area (Å²) in [7, 11) is -4.06. The quantitative estimate of drug-likeness (QED) is 0.175. The van der Waals surface area contributed by atoms with Crippen molar-refractivity contribution in [2.45, 2.75) is 25.7 Å². The zero-order chi connectivity index (χ0) is 24.0. The molecule has 180 valence electrons. The van der Waals surface area contributed by atoms with Crippen molar-refractivity contribution in [3.8, 4) is 22.6 Å². The minimum absolute atomic E-state index is 0.228. The zero-order valence-corrected chi connectivity index (χ0v) is 20.3. The molecule has 35 heavy (non-hydrogen) atoms. The van der Waals surface area contributed by atoms with E-state index in [-0.39, 0.29) is 19.5 Å². The lowest BCUT2D eigenvalue weighted by atomic mass is 9.92. The second kappa shape index (κ2) is 8.63. The summed E-state index contributed by atoms with van der Waals surface area (Å²) in [5.74, 6) is 0.210. The molecule has 0 amide bonds. The van der Waals surface area contributed by atoms with Gasteiger partial charge in [0, 0.05) is 11.1 Å². The van der Waals surface area contributed by atoms with E-state index in [1.54, 1.807) is 12.1 Å². The van der Waals surface area contributed by atoms with Gasteiger partial charge in [-0.3, -0.25) is 0 Å². The zero-order valence-electron chi connectivity index (χ0n) is 19.4. The van der Waals surface area contributed by atoms with Crippen LogP contribution in [-0.2, 0) is 23.3 Å². The molecule has 8 heteroatoms. The molecule has 6 rings (SSSR count). The van der Waals surface area contributed by atoms with Gasteiger partial charge in [0.2, 0.25) is 0 Å². The standard InChI is InChI=1S/C27H25O7P/c1-27(2)30-16-20(32-27)15-29-17-31-35(28)33-23-13-11-18-7-3-5-9-21(18)25(23)26-22-10-6-4-8-19(22)12-14-24(26)34-35/h3-14,20H,15-17H2,1-2H3/t20-/m0/s1. The third-order valence-corrected chi connectivity index (χ3v) is 7.38. The molecule has 0 spiro atoms. The van der Waals surface area contributed by atoms with Crippen molar-refractivity contribution in [2.24, 2.45) is 0 Å². The Hall–Kier alpha value is -2.93. The molecule has 1 saturated heterocycles. The molecule has 0 radical (unpaired) electrons. The second-order valence-electron chi connectivity index (χ2n) is 9.02. The Bertz CT molecular complexity index is 1370. The largest absolute Gasteiger partial charge is 0.589 e. The van der Waals surface area contributed by atoms with Gasteiger partial charge in [0.25, 0.3) is 0 Å². The summed E-state index contributed by atoms with van der Waals surface area (Å²) in [5, 5.41) is 4.02. The molecule has 1 atom stereocenters. The Kier molecular flexibility index (Phi) is 5.55. The third-order valence-electron chi connectivity index (χ3n) is 6.12.